The SMILES string of the molecule is NCC1CCCN1C(=O)CCc1ccc2c(c1)OCCCO2. The Labute approximate surface area is 131 Å². The van der Waals surface area contributed by atoms with Crippen LogP contribution in [0.1, 0.15) is 31.2 Å². The molecule has 1 amide bonds. The van der Waals surface area contributed by atoms with Crippen LogP contribution in [0.25, 0.3) is 0 Å². The van der Waals surface area contributed by atoms with Gasteiger partial charge in [0, 0.05) is 32.0 Å². The Morgan fingerprint density at radius 1 is 1.23 bits per heavy atom. The number of rotatable bonds is 4. The molecular formula is C17H24N2O3. The number of hydrogen-bond acceptors (Lipinski definition) is 4. The first-order valence-electron chi connectivity index (χ1n) is 8.16. The van der Waals surface area contributed by atoms with Crippen molar-refractivity contribution in [2.75, 3.05) is 26.3 Å². The molecule has 22 heavy (non-hydrogen) atoms. The minimum Gasteiger partial charge on any atom is -0.490 e. The van der Waals surface area contributed by atoms with Crippen molar-refractivity contribution >= 4 is 5.91 Å². The number of hydrogen-bond donors (Lipinski definition) is 1. The van der Waals surface area contributed by atoms with E-state index < -0.39 is 0 Å². The molecule has 120 valence electrons. The number of nitrogens with two attached hydrogens (primary N) is 1. The molecule has 1 saturated heterocycles. The summed E-state index contributed by atoms with van der Waals surface area (Å²) >= 11 is 0. The monoisotopic (exact) mass is 304 g/mol. The molecule has 3 rings (SSSR count). The molecule has 2 aliphatic heterocycles. The summed E-state index contributed by atoms with van der Waals surface area (Å²) in [6, 6.07) is 6.19. The van der Waals surface area contributed by atoms with Gasteiger partial charge in [-0.25, -0.2) is 0 Å². The maximum atomic E-state index is 12.3. The van der Waals surface area contributed by atoms with E-state index in [9.17, 15) is 4.79 Å². The molecule has 0 spiro atoms. The average Bonchev–Trinajstić information content (AvgIpc) is 2.90. The smallest absolute Gasteiger partial charge is 0.223 e. The molecule has 2 N–H and O–H groups in total. The summed E-state index contributed by atoms with van der Waals surface area (Å²) < 4.78 is 11.3. The van der Waals surface area contributed by atoms with Gasteiger partial charge in [-0.3, -0.25) is 4.79 Å². The Bertz CT molecular complexity index is 533. The molecule has 1 aromatic carbocycles. The molecule has 5 nitrogen and oxygen atoms in total. The van der Waals surface area contributed by atoms with E-state index in [0.29, 0.717) is 26.2 Å². The van der Waals surface area contributed by atoms with E-state index in [2.05, 4.69) is 0 Å². The van der Waals surface area contributed by atoms with E-state index in [1.165, 1.54) is 0 Å². The fraction of sp³-hybridized carbons (Fsp3) is 0.588. The third kappa shape index (κ3) is 3.35. The van der Waals surface area contributed by atoms with E-state index in [0.717, 1.165) is 49.3 Å². The number of benzene rings is 1. The Morgan fingerprint density at radius 2 is 2.05 bits per heavy atom. The van der Waals surface area contributed by atoms with Gasteiger partial charge >= 0.3 is 0 Å². The average molecular weight is 304 g/mol. The van der Waals surface area contributed by atoms with Gasteiger partial charge in [-0.1, -0.05) is 6.07 Å². The van der Waals surface area contributed by atoms with Crippen molar-refractivity contribution < 1.29 is 14.3 Å². The van der Waals surface area contributed by atoms with Gasteiger partial charge in [-0.15, -0.1) is 0 Å². The van der Waals surface area contributed by atoms with Crippen LogP contribution < -0.4 is 15.2 Å². The molecule has 2 heterocycles. The van der Waals surface area contributed by atoms with Crippen LogP contribution in [-0.2, 0) is 11.2 Å². The molecular weight excluding hydrogens is 280 g/mol. The lowest BCUT2D eigenvalue weighted by molar-refractivity contribution is -0.131. The van der Waals surface area contributed by atoms with Crippen LogP contribution in [-0.4, -0.2) is 43.2 Å². The molecule has 1 fully saturated rings. The molecule has 1 aromatic rings. The molecule has 2 aliphatic rings. The molecule has 1 atom stereocenters. The first kappa shape index (κ1) is 15.2. The zero-order valence-corrected chi connectivity index (χ0v) is 12.9. The van der Waals surface area contributed by atoms with E-state index in [4.69, 9.17) is 15.2 Å². The second kappa shape index (κ2) is 7.01. The summed E-state index contributed by atoms with van der Waals surface area (Å²) in [4.78, 5) is 14.3. The number of fused-ring (bicyclic) bond motifs is 1. The normalized spacial score (nSPS) is 20.8. The number of nitrogens with zero attached hydrogens (tertiary/aromatic N) is 1. The zero-order valence-electron chi connectivity index (χ0n) is 12.9. The number of amides is 1. The highest BCUT2D eigenvalue weighted by Crippen LogP contribution is 2.31. The topological polar surface area (TPSA) is 64.8 Å². The van der Waals surface area contributed by atoms with Crippen LogP contribution in [0.15, 0.2) is 18.2 Å². The highest BCUT2D eigenvalue weighted by molar-refractivity contribution is 5.77. The zero-order chi connectivity index (χ0) is 15.4. The maximum Gasteiger partial charge on any atom is 0.223 e. The highest BCUT2D eigenvalue weighted by Gasteiger charge is 2.27. The van der Waals surface area contributed by atoms with E-state index >= 15 is 0 Å². The Kier molecular flexibility index (Phi) is 4.83. The number of likely N-dealkylation sites (tertiary alicyclic amines) is 1. The maximum absolute atomic E-state index is 12.3. The van der Waals surface area contributed by atoms with Gasteiger partial charge < -0.3 is 20.1 Å². The van der Waals surface area contributed by atoms with Crippen LogP contribution in [0.5, 0.6) is 11.5 Å². The van der Waals surface area contributed by atoms with E-state index in [1.54, 1.807) is 0 Å². The Hall–Kier alpha value is -1.75. The van der Waals surface area contributed by atoms with Gasteiger partial charge in [0.05, 0.1) is 13.2 Å². The van der Waals surface area contributed by atoms with Gasteiger partial charge in [0.2, 0.25) is 5.91 Å². The molecule has 1 unspecified atom stereocenters. The number of aryl methyl sites for hydroxylation is 1. The summed E-state index contributed by atoms with van der Waals surface area (Å²) in [5.41, 5.74) is 6.85. The van der Waals surface area contributed by atoms with E-state index in [1.807, 2.05) is 23.1 Å². The van der Waals surface area contributed by atoms with Crippen molar-refractivity contribution in [3.05, 3.63) is 23.8 Å². The van der Waals surface area contributed by atoms with Crippen LogP contribution in [0, 0.1) is 0 Å². The lowest BCUT2D eigenvalue weighted by Gasteiger charge is -2.23. The van der Waals surface area contributed by atoms with Gasteiger partial charge in [-0.05, 0) is 37.0 Å². The quantitative estimate of drug-likeness (QED) is 0.920. The third-order valence-corrected chi connectivity index (χ3v) is 4.41. The molecule has 0 radical (unpaired) electrons. The number of carbonyl (C=O) groups excluding carboxylic acids is 1. The summed E-state index contributed by atoms with van der Waals surface area (Å²) in [7, 11) is 0. The summed E-state index contributed by atoms with van der Waals surface area (Å²) in [6.07, 6.45) is 4.25. The lowest BCUT2D eigenvalue weighted by Crippen LogP contribution is -2.39. The van der Waals surface area contributed by atoms with Gasteiger partial charge in [0.1, 0.15) is 0 Å². The standard InChI is InChI=1S/C17H24N2O3/c18-12-14-3-1-8-19(14)17(20)7-5-13-4-6-15-16(11-13)22-10-2-9-21-15/h4,6,11,14H,1-3,5,7-10,12,18H2. The second-order valence-electron chi connectivity index (χ2n) is 5.95. The second-order valence-corrected chi connectivity index (χ2v) is 5.95. The third-order valence-electron chi connectivity index (χ3n) is 4.41. The predicted molar refractivity (Wildman–Crippen MR) is 84.2 cm³/mol. The Balaban J connectivity index is 1.59. The van der Waals surface area contributed by atoms with Crippen LogP contribution >= 0.6 is 0 Å². The van der Waals surface area contributed by atoms with Gasteiger partial charge in [0.15, 0.2) is 11.5 Å². The predicted octanol–water partition coefficient (Wildman–Crippen LogP) is 1.73. The van der Waals surface area contributed by atoms with E-state index in [-0.39, 0.29) is 11.9 Å². The minimum absolute atomic E-state index is 0.208. The van der Waals surface area contributed by atoms with Crippen molar-refractivity contribution in [3.63, 3.8) is 0 Å². The van der Waals surface area contributed by atoms with Crippen LogP contribution in [0.2, 0.25) is 0 Å². The van der Waals surface area contributed by atoms with Crippen molar-refractivity contribution in [1.29, 1.82) is 0 Å². The lowest BCUT2D eigenvalue weighted by atomic mass is 10.1. The molecule has 0 saturated carbocycles. The first-order chi connectivity index (χ1) is 10.8. The molecule has 0 bridgehead atoms. The van der Waals surface area contributed by atoms with Gasteiger partial charge in [-0.2, -0.15) is 0 Å². The minimum atomic E-state index is 0.208. The largest absolute Gasteiger partial charge is 0.490 e. The van der Waals surface area contributed by atoms with Gasteiger partial charge in [0.25, 0.3) is 0 Å². The molecule has 0 aliphatic carbocycles. The number of carbonyl (C=O) groups is 1. The van der Waals surface area contributed by atoms with Crippen LogP contribution in [0.4, 0.5) is 0 Å². The van der Waals surface area contributed by atoms with Crippen molar-refractivity contribution in [2.45, 2.75) is 38.1 Å². The molecule has 0 aromatic heterocycles. The highest BCUT2D eigenvalue weighted by atomic mass is 16.5. The van der Waals surface area contributed by atoms with Crippen molar-refractivity contribution in [2.24, 2.45) is 5.73 Å². The number of ether oxygens (including phenoxy) is 2. The van der Waals surface area contributed by atoms with Crippen molar-refractivity contribution in [1.82, 2.24) is 4.90 Å². The fourth-order valence-corrected chi connectivity index (χ4v) is 3.17. The first-order valence-corrected chi connectivity index (χ1v) is 8.16. The molecule has 5 heteroatoms. The van der Waals surface area contributed by atoms with Crippen molar-refractivity contribution in [3.8, 4) is 11.5 Å². The Morgan fingerprint density at radius 3 is 2.86 bits per heavy atom. The summed E-state index contributed by atoms with van der Waals surface area (Å²) in [6.45, 7) is 2.79. The summed E-state index contributed by atoms with van der Waals surface area (Å²) in [5.74, 6) is 1.80. The summed E-state index contributed by atoms with van der Waals surface area (Å²) in [5, 5.41) is 0. The fourth-order valence-electron chi connectivity index (χ4n) is 3.17. The van der Waals surface area contributed by atoms with Crippen LogP contribution in [0.3, 0.4) is 0 Å².